The van der Waals surface area contributed by atoms with Crippen molar-refractivity contribution in [3.8, 4) is 0 Å². The minimum Gasteiger partial charge on any atom is -0.279 e. The largest absolute Gasteiger partial charge is 0.332 e. The van der Waals surface area contributed by atoms with Crippen LogP contribution in [-0.4, -0.2) is 9.13 Å². The van der Waals surface area contributed by atoms with Crippen molar-refractivity contribution in [2.75, 3.05) is 0 Å². The first-order valence-electron chi connectivity index (χ1n) is 5.51. The molecule has 0 unspecified atom stereocenters. The first kappa shape index (κ1) is 12.6. The van der Waals surface area contributed by atoms with Crippen molar-refractivity contribution >= 4 is 11.6 Å². The van der Waals surface area contributed by atoms with Crippen molar-refractivity contribution in [3.63, 3.8) is 0 Å². The predicted octanol–water partition coefficient (Wildman–Crippen LogP) is 1.56. The SMILES string of the molecule is Cc1cccc(Cn2c(Cl)cc(=O)n(C)c2=O)c1. The van der Waals surface area contributed by atoms with Gasteiger partial charge in [-0.1, -0.05) is 41.4 Å². The maximum atomic E-state index is 11.9. The molecule has 0 saturated heterocycles. The van der Waals surface area contributed by atoms with Gasteiger partial charge in [0.1, 0.15) is 5.15 Å². The number of aryl methyl sites for hydroxylation is 1. The van der Waals surface area contributed by atoms with Crippen LogP contribution >= 0.6 is 11.6 Å². The van der Waals surface area contributed by atoms with E-state index in [2.05, 4.69) is 0 Å². The molecule has 1 heterocycles. The highest BCUT2D eigenvalue weighted by Crippen LogP contribution is 2.08. The van der Waals surface area contributed by atoms with Crippen molar-refractivity contribution in [2.24, 2.45) is 7.05 Å². The van der Waals surface area contributed by atoms with Gasteiger partial charge in [-0.05, 0) is 12.5 Å². The molecule has 5 heteroatoms. The normalized spacial score (nSPS) is 10.6. The molecule has 0 atom stereocenters. The Labute approximate surface area is 109 Å². The fourth-order valence-corrected chi connectivity index (χ4v) is 2.00. The Hall–Kier alpha value is -1.81. The molecule has 1 aromatic carbocycles. The lowest BCUT2D eigenvalue weighted by atomic mass is 10.1. The number of halogens is 1. The van der Waals surface area contributed by atoms with E-state index in [1.54, 1.807) is 0 Å². The molecule has 0 N–H and O–H groups in total. The third-order valence-corrected chi connectivity index (χ3v) is 3.09. The van der Waals surface area contributed by atoms with E-state index in [0.29, 0.717) is 6.54 Å². The van der Waals surface area contributed by atoms with Gasteiger partial charge in [-0.15, -0.1) is 0 Å². The Balaban J connectivity index is 2.51. The van der Waals surface area contributed by atoms with Gasteiger partial charge in [-0.2, -0.15) is 0 Å². The van der Waals surface area contributed by atoms with E-state index in [-0.39, 0.29) is 5.15 Å². The van der Waals surface area contributed by atoms with E-state index in [1.165, 1.54) is 17.7 Å². The Morgan fingerprint density at radius 1 is 1.22 bits per heavy atom. The minimum atomic E-state index is -0.408. The van der Waals surface area contributed by atoms with Gasteiger partial charge in [0.2, 0.25) is 0 Å². The van der Waals surface area contributed by atoms with E-state index in [0.717, 1.165) is 15.7 Å². The van der Waals surface area contributed by atoms with E-state index >= 15 is 0 Å². The summed E-state index contributed by atoms with van der Waals surface area (Å²) in [5.41, 5.74) is 1.28. The molecule has 0 aliphatic heterocycles. The molecule has 1 aromatic heterocycles. The van der Waals surface area contributed by atoms with Gasteiger partial charge >= 0.3 is 5.69 Å². The van der Waals surface area contributed by atoms with Crippen molar-refractivity contribution in [1.29, 1.82) is 0 Å². The van der Waals surface area contributed by atoms with Gasteiger partial charge in [0, 0.05) is 13.1 Å². The summed E-state index contributed by atoms with van der Waals surface area (Å²) in [6.07, 6.45) is 0. The predicted molar refractivity (Wildman–Crippen MR) is 71.2 cm³/mol. The molecule has 0 spiro atoms. The topological polar surface area (TPSA) is 44.0 Å². The smallest absolute Gasteiger partial charge is 0.279 e. The van der Waals surface area contributed by atoms with Gasteiger partial charge < -0.3 is 0 Å². The summed E-state index contributed by atoms with van der Waals surface area (Å²) in [4.78, 5) is 23.3. The molecule has 0 saturated carbocycles. The zero-order chi connectivity index (χ0) is 13.3. The van der Waals surface area contributed by atoms with Gasteiger partial charge in [-0.3, -0.25) is 13.9 Å². The third-order valence-electron chi connectivity index (χ3n) is 2.77. The molecule has 94 valence electrons. The molecule has 0 fully saturated rings. The van der Waals surface area contributed by atoms with Crippen LogP contribution in [0, 0.1) is 6.92 Å². The van der Waals surface area contributed by atoms with Crippen molar-refractivity contribution in [2.45, 2.75) is 13.5 Å². The highest BCUT2D eigenvalue weighted by molar-refractivity contribution is 6.29. The van der Waals surface area contributed by atoms with Crippen LogP contribution in [0.4, 0.5) is 0 Å². The number of nitrogens with zero attached hydrogens (tertiary/aromatic N) is 2. The Morgan fingerprint density at radius 3 is 2.61 bits per heavy atom. The molecule has 18 heavy (non-hydrogen) atoms. The van der Waals surface area contributed by atoms with Crippen LogP contribution in [0.2, 0.25) is 5.15 Å². The summed E-state index contributed by atoms with van der Waals surface area (Å²) in [7, 11) is 1.44. The maximum Gasteiger partial charge on any atom is 0.332 e. The number of benzene rings is 1. The first-order chi connectivity index (χ1) is 8.49. The van der Waals surface area contributed by atoms with Crippen LogP contribution in [0.15, 0.2) is 39.9 Å². The zero-order valence-corrected chi connectivity index (χ0v) is 10.9. The van der Waals surface area contributed by atoms with Crippen molar-refractivity contribution in [3.05, 3.63) is 67.4 Å². The second kappa shape index (κ2) is 4.82. The van der Waals surface area contributed by atoms with Crippen LogP contribution in [0.1, 0.15) is 11.1 Å². The molecule has 2 rings (SSSR count). The average molecular weight is 265 g/mol. The van der Waals surface area contributed by atoms with Crippen molar-refractivity contribution < 1.29 is 0 Å². The maximum absolute atomic E-state index is 11.9. The first-order valence-corrected chi connectivity index (χ1v) is 5.89. The van der Waals surface area contributed by atoms with E-state index < -0.39 is 11.2 Å². The monoisotopic (exact) mass is 264 g/mol. The number of aromatic nitrogens is 2. The van der Waals surface area contributed by atoms with Crippen LogP contribution < -0.4 is 11.2 Å². The van der Waals surface area contributed by atoms with Crippen LogP contribution in [0.5, 0.6) is 0 Å². The van der Waals surface area contributed by atoms with E-state index in [9.17, 15) is 9.59 Å². The molecule has 0 aliphatic rings. The number of hydrogen-bond acceptors (Lipinski definition) is 2. The van der Waals surface area contributed by atoms with Crippen LogP contribution in [0.3, 0.4) is 0 Å². The lowest BCUT2D eigenvalue weighted by Gasteiger charge is -2.10. The molecule has 0 bridgehead atoms. The van der Waals surface area contributed by atoms with Crippen LogP contribution in [0.25, 0.3) is 0 Å². The lowest BCUT2D eigenvalue weighted by molar-refractivity contribution is 0.646. The summed E-state index contributed by atoms with van der Waals surface area (Å²) in [6.45, 7) is 2.34. The fourth-order valence-electron chi connectivity index (χ4n) is 1.78. The quantitative estimate of drug-likeness (QED) is 0.773. The molecule has 0 amide bonds. The second-order valence-corrected chi connectivity index (χ2v) is 4.61. The van der Waals surface area contributed by atoms with Gasteiger partial charge in [0.25, 0.3) is 5.56 Å². The minimum absolute atomic E-state index is 0.157. The van der Waals surface area contributed by atoms with E-state index in [1.807, 2.05) is 31.2 Å². The fraction of sp³-hybridized carbons (Fsp3) is 0.231. The van der Waals surface area contributed by atoms with E-state index in [4.69, 9.17) is 11.6 Å². The Morgan fingerprint density at radius 2 is 1.94 bits per heavy atom. The number of rotatable bonds is 2. The highest BCUT2D eigenvalue weighted by atomic mass is 35.5. The van der Waals surface area contributed by atoms with Crippen LogP contribution in [-0.2, 0) is 13.6 Å². The summed E-state index contributed by atoms with van der Waals surface area (Å²) >= 11 is 5.95. The summed E-state index contributed by atoms with van der Waals surface area (Å²) < 4.78 is 2.42. The summed E-state index contributed by atoms with van der Waals surface area (Å²) in [6, 6.07) is 9.05. The van der Waals surface area contributed by atoms with Gasteiger partial charge in [0.05, 0.1) is 6.54 Å². The molecule has 0 radical (unpaired) electrons. The summed E-state index contributed by atoms with van der Waals surface area (Å²) in [5.74, 6) is 0. The molecule has 0 aliphatic carbocycles. The van der Waals surface area contributed by atoms with Gasteiger partial charge in [0.15, 0.2) is 0 Å². The standard InChI is InChI=1S/C13H13ClN2O2/c1-9-4-3-5-10(6-9)8-16-11(14)7-12(17)15(2)13(16)18/h3-7H,8H2,1-2H3. The van der Waals surface area contributed by atoms with Gasteiger partial charge in [-0.25, -0.2) is 4.79 Å². The molecule has 4 nitrogen and oxygen atoms in total. The lowest BCUT2D eigenvalue weighted by Crippen LogP contribution is -2.37. The molecular weight excluding hydrogens is 252 g/mol. The number of hydrogen-bond donors (Lipinski definition) is 0. The molecular formula is C13H13ClN2O2. The Kier molecular flexibility index (Phi) is 3.39. The second-order valence-electron chi connectivity index (χ2n) is 4.22. The highest BCUT2D eigenvalue weighted by Gasteiger charge is 2.07. The summed E-state index contributed by atoms with van der Waals surface area (Å²) in [5, 5.41) is 0.157. The van der Waals surface area contributed by atoms with Crippen molar-refractivity contribution in [1.82, 2.24) is 9.13 Å². The average Bonchev–Trinajstić information content (AvgIpc) is 2.32. The Bertz CT molecular complexity index is 701. The zero-order valence-electron chi connectivity index (χ0n) is 10.2. The third kappa shape index (κ3) is 2.38. The molecule has 2 aromatic rings.